The first kappa shape index (κ1) is 21.5. The van der Waals surface area contributed by atoms with Crippen LogP contribution in [0.3, 0.4) is 0 Å². The Morgan fingerprint density at radius 1 is 1.16 bits per heavy atom. The summed E-state index contributed by atoms with van der Waals surface area (Å²) in [6, 6.07) is 12.5. The highest BCUT2D eigenvalue weighted by Crippen LogP contribution is 2.26. The van der Waals surface area contributed by atoms with Gasteiger partial charge in [-0.1, -0.05) is 11.3 Å². The van der Waals surface area contributed by atoms with E-state index < -0.39 is 0 Å². The molecule has 2 heterocycles. The third-order valence-electron chi connectivity index (χ3n) is 5.13. The van der Waals surface area contributed by atoms with Crippen LogP contribution in [0, 0.1) is 0 Å². The van der Waals surface area contributed by atoms with Gasteiger partial charge < -0.3 is 19.4 Å². The van der Waals surface area contributed by atoms with Gasteiger partial charge in [-0.15, -0.1) is 5.10 Å². The van der Waals surface area contributed by atoms with Crippen LogP contribution in [0.4, 0.5) is 5.69 Å². The van der Waals surface area contributed by atoms with Gasteiger partial charge in [-0.2, -0.15) is 0 Å². The molecular weight excluding hydrogens is 410 g/mol. The number of nitrogens with zero attached hydrogens (tertiary/aromatic N) is 4. The second-order valence-corrected chi connectivity index (χ2v) is 7.69. The van der Waals surface area contributed by atoms with Crippen LogP contribution in [0.25, 0.3) is 21.8 Å². The molecule has 0 atom stereocenters. The van der Waals surface area contributed by atoms with E-state index in [0.29, 0.717) is 28.9 Å². The number of aromatic nitrogens is 4. The van der Waals surface area contributed by atoms with Gasteiger partial charge >= 0.3 is 0 Å². The lowest BCUT2D eigenvalue weighted by atomic mass is 10.2. The lowest BCUT2D eigenvalue weighted by Gasteiger charge is -2.11. The highest BCUT2D eigenvalue weighted by atomic mass is 16.5. The first-order chi connectivity index (χ1) is 15.5. The van der Waals surface area contributed by atoms with Gasteiger partial charge in [0.05, 0.1) is 23.6 Å². The van der Waals surface area contributed by atoms with Crippen molar-refractivity contribution in [1.82, 2.24) is 19.6 Å². The van der Waals surface area contributed by atoms with Gasteiger partial charge in [-0.25, -0.2) is 4.68 Å². The zero-order valence-corrected chi connectivity index (χ0v) is 18.2. The highest BCUT2D eigenvalue weighted by molar-refractivity contribution is 5.94. The number of carbonyl (C=O) groups excluding carboxylic acids is 1. The third kappa shape index (κ3) is 4.33. The molecule has 0 bridgehead atoms. The number of ether oxygens (including phenoxy) is 2. The summed E-state index contributed by atoms with van der Waals surface area (Å²) in [5.74, 6) is 0.300. The lowest BCUT2D eigenvalue weighted by molar-refractivity contribution is -0.118. The molecular formula is C23H25N5O4. The summed E-state index contributed by atoms with van der Waals surface area (Å²) in [6.07, 6.45) is 1.97. The Bertz CT molecular complexity index is 1330. The molecule has 0 saturated heterocycles. The summed E-state index contributed by atoms with van der Waals surface area (Å²) in [7, 11) is 1.67. The number of amides is 1. The highest BCUT2D eigenvalue weighted by Gasteiger charge is 2.12. The summed E-state index contributed by atoms with van der Waals surface area (Å²) in [5, 5.41) is 12.1. The van der Waals surface area contributed by atoms with Gasteiger partial charge in [0.25, 0.3) is 11.5 Å². The van der Waals surface area contributed by atoms with Crippen LogP contribution in [-0.2, 0) is 16.1 Å². The van der Waals surface area contributed by atoms with Gasteiger partial charge in [0.15, 0.2) is 6.61 Å². The second kappa shape index (κ2) is 9.19. The average molecular weight is 435 g/mol. The number of methoxy groups -OCH3 is 1. The number of carbonyl (C=O) groups is 1. The number of benzene rings is 2. The molecule has 2 aromatic heterocycles. The molecule has 1 N–H and O–H groups in total. The van der Waals surface area contributed by atoms with Crippen molar-refractivity contribution in [3.8, 4) is 5.75 Å². The zero-order valence-electron chi connectivity index (χ0n) is 18.2. The molecule has 0 unspecified atom stereocenters. The van der Waals surface area contributed by atoms with E-state index in [4.69, 9.17) is 9.47 Å². The van der Waals surface area contributed by atoms with E-state index in [1.54, 1.807) is 25.3 Å². The molecule has 0 aliphatic carbocycles. The molecule has 0 aliphatic rings. The Morgan fingerprint density at radius 2 is 2.00 bits per heavy atom. The van der Waals surface area contributed by atoms with Gasteiger partial charge in [0, 0.05) is 30.9 Å². The zero-order chi connectivity index (χ0) is 22.7. The number of nitrogens with one attached hydrogen (secondary N) is 1. The summed E-state index contributed by atoms with van der Waals surface area (Å²) < 4.78 is 14.3. The number of hydrogen-bond donors (Lipinski definition) is 1. The van der Waals surface area contributed by atoms with E-state index in [0.717, 1.165) is 17.4 Å². The van der Waals surface area contributed by atoms with Crippen LogP contribution in [0.15, 0.2) is 53.5 Å². The van der Waals surface area contributed by atoms with Gasteiger partial charge in [0.1, 0.15) is 11.3 Å². The molecule has 0 saturated carbocycles. The molecule has 4 aromatic rings. The molecule has 0 radical (unpaired) electrons. The fourth-order valence-electron chi connectivity index (χ4n) is 3.52. The van der Waals surface area contributed by atoms with Gasteiger partial charge in [0.2, 0.25) is 0 Å². The second-order valence-electron chi connectivity index (χ2n) is 7.69. The van der Waals surface area contributed by atoms with Crippen LogP contribution in [-0.4, -0.2) is 45.8 Å². The monoisotopic (exact) mass is 435 g/mol. The summed E-state index contributed by atoms with van der Waals surface area (Å²) in [4.78, 5) is 25.1. The molecule has 32 heavy (non-hydrogen) atoms. The first-order valence-corrected chi connectivity index (χ1v) is 10.4. The van der Waals surface area contributed by atoms with Crippen LogP contribution >= 0.6 is 0 Å². The predicted molar refractivity (Wildman–Crippen MR) is 122 cm³/mol. The topological polar surface area (TPSA) is 100 Å². The van der Waals surface area contributed by atoms with Crippen LogP contribution in [0.5, 0.6) is 5.75 Å². The average Bonchev–Trinajstić information content (AvgIpc) is 3.20. The third-order valence-corrected chi connectivity index (χ3v) is 5.13. The van der Waals surface area contributed by atoms with E-state index in [9.17, 15) is 9.59 Å². The van der Waals surface area contributed by atoms with Crippen molar-refractivity contribution in [2.45, 2.75) is 26.4 Å². The van der Waals surface area contributed by atoms with Crippen molar-refractivity contribution >= 4 is 33.4 Å². The Kier molecular flexibility index (Phi) is 6.18. The normalized spacial score (nSPS) is 11.4. The van der Waals surface area contributed by atoms with Crippen molar-refractivity contribution < 1.29 is 14.3 Å². The summed E-state index contributed by atoms with van der Waals surface area (Å²) in [5.41, 5.74) is 1.74. The quantitative estimate of drug-likeness (QED) is 0.457. The van der Waals surface area contributed by atoms with Crippen LogP contribution in [0.2, 0.25) is 0 Å². The van der Waals surface area contributed by atoms with Crippen molar-refractivity contribution in [2.24, 2.45) is 0 Å². The molecule has 0 spiro atoms. The minimum Gasteiger partial charge on any atom is -0.483 e. The number of hydrogen-bond acceptors (Lipinski definition) is 6. The molecule has 166 valence electrons. The SMILES string of the molecule is COCCn1ccc2c(OCC(=O)Nc3ccc4nnn(C(C)C)c(=O)c4c3)cccc21. The molecule has 2 aromatic carbocycles. The number of rotatable bonds is 8. The molecule has 0 aliphatic heterocycles. The minimum atomic E-state index is -0.327. The Hall–Kier alpha value is -3.72. The van der Waals surface area contributed by atoms with Gasteiger partial charge in [-0.3, -0.25) is 9.59 Å². The van der Waals surface area contributed by atoms with Crippen LogP contribution < -0.4 is 15.6 Å². The van der Waals surface area contributed by atoms with Gasteiger partial charge in [-0.05, 0) is 50.2 Å². The van der Waals surface area contributed by atoms with Crippen molar-refractivity contribution in [1.29, 1.82) is 0 Å². The Balaban J connectivity index is 1.47. The maximum absolute atomic E-state index is 12.6. The lowest BCUT2D eigenvalue weighted by Crippen LogP contribution is -2.26. The van der Waals surface area contributed by atoms with Crippen molar-refractivity contribution in [2.75, 3.05) is 25.6 Å². The maximum atomic E-state index is 12.6. The van der Waals surface area contributed by atoms with E-state index in [1.165, 1.54) is 4.68 Å². The van der Waals surface area contributed by atoms with Crippen molar-refractivity contribution in [3.05, 3.63) is 59.0 Å². The number of fused-ring (bicyclic) bond motifs is 2. The molecule has 9 nitrogen and oxygen atoms in total. The van der Waals surface area contributed by atoms with Crippen molar-refractivity contribution in [3.63, 3.8) is 0 Å². The minimum absolute atomic E-state index is 0.113. The summed E-state index contributed by atoms with van der Waals surface area (Å²) in [6.45, 7) is 4.89. The van der Waals surface area contributed by atoms with E-state index in [-0.39, 0.29) is 24.1 Å². The standard InChI is InChI=1S/C23H25N5O4/c1-15(2)28-23(30)18-13-16(7-8-19(18)25-26-28)24-22(29)14-32-21-6-4-5-20-17(21)9-10-27(20)11-12-31-3/h4-10,13,15H,11-12,14H2,1-3H3,(H,24,29). The number of anilines is 1. The molecule has 9 heteroatoms. The van der Waals surface area contributed by atoms with E-state index in [2.05, 4.69) is 20.2 Å². The maximum Gasteiger partial charge on any atom is 0.277 e. The van der Waals surface area contributed by atoms with E-state index in [1.807, 2.05) is 44.3 Å². The molecule has 4 rings (SSSR count). The Labute approximate surface area is 184 Å². The molecule has 1 amide bonds. The fourth-order valence-corrected chi connectivity index (χ4v) is 3.52. The van der Waals surface area contributed by atoms with E-state index >= 15 is 0 Å². The molecule has 0 fully saturated rings. The smallest absolute Gasteiger partial charge is 0.277 e. The predicted octanol–water partition coefficient (Wildman–Crippen LogP) is 2.99. The Morgan fingerprint density at radius 3 is 2.78 bits per heavy atom. The fraction of sp³-hybridized carbons (Fsp3) is 0.304. The van der Waals surface area contributed by atoms with Crippen LogP contribution in [0.1, 0.15) is 19.9 Å². The summed E-state index contributed by atoms with van der Waals surface area (Å²) >= 11 is 0. The largest absolute Gasteiger partial charge is 0.483 e. The first-order valence-electron chi connectivity index (χ1n) is 10.4.